The van der Waals surface area contributed by atoms with Crippen LogP contribution in [-0.2, 0) is 9.53 Å². The minimum absolute atomic E-state index is 0.0829. The van der Waals surface area contributed by atoms with E-state index in [9.17, 15) is 14.4 Å². The van der Waals surface area contributed by atoms with E-state index in [1.165, 1.54) is 0 Å². The van der Waals surface area contributed by atoms with Gasteiger partial charge in [0.2, 0.25) is 0 Å². The Morgan fingerprint density at radius 1 is 1.12 bits per heavy atom. The molecule has 4 amide bonds. The van der Waals surface area contributed by atoms with Crippen molar-refractivity contribution in [3.8, 4) is 0 Å². The van der Waals surface area contributed by atoms with Gasteiger partial charge in [-0.15, -0.1) is 0 Å². The van der Waals surface area contributed by atoms with Crippen molar-refractivity contribution in [3.63, 3.8) is 0 Å². The molecular formula is C23H31Cl2N5O4. The van der Waals surface area contributed by atoms with Crippen molar-refractivity contribution in [2.75, 3.05) is 52.4 Å². The summed E-state index contributed by atoms with van der Waals surface area (Å²) in [5, 5.41) is 6.45. The smallest absolute Gasteiger partial charge is 0.338 e. The molecule has 0 radical (unpaired) electrons. The highest BCUT2D eigenvalue weighted by Crippen LogP contribution is 2.34. The second kappa shape index (κ2) is 11.8. The highest BCUT2D eigenvalue weighted by molar-refractivity contribution is 6.42. The molecule has 0 saturated carbocycles. The quantitative estimate of drug-likeness (QED) is 0.548. The van der Waals surface area contributed by atoms with Crippen molar-refractivity contribution >= 4 is 41.2 Å². The summed E-state index contributed by atoms with van der Waals surface area (Å²) < 4.78 is 5.40. The van der Waals surface area contributed by atoms with Crippen LogP contribution in [0.5, 0.6) is 0 Å². The lowest BCUT2D eigenvalue weighted by molar-refractivity contribution is -0.139. The Kier molecular flexibility index (Phi) is 9.04. The molecular weight excluding hydrogens is 481 g/mol. The molecule has 2 N–H and O–H groups in total. The number of benzene rings is 1. The van der Waals surface area contributed by atoms with Crippen molar-refractivity contribution in [1.29, 1.82) is 0 Å². The third-order valence-electron chi connectivity index (χ3n) is 5.89. The monoisotopic (exact) mass is 511 g/mol. The number of ether oxygens (including phenoxy) is 1. The van der Waals surface area contributed by atoms with Gasteiger partial charge in [-0.05, 0) is 38.5 Å². The molecule has 2 aliphatic rings. The van der Waals surface area contributed by atoms with Gasteiger partial charge in [-0.1, -0.05) is 29.3 Å². The molecule has 1 aromatic rings. The third-order valence-corrected chi connectivity index (χ3v) is 6.63. The molecule has 1 fully saturated rings. The van der Waals surface area contributed by atoms with Gasteiger partial charge in [0.15, 0.2) is 0 Å². The SMILES string of the molecule is CCNC(=O)N1CCN(CC2=C(C(=O)OCC)[C@H](c3ccc(Cl)c(Cl)c3)NC(=O)N2CC)CC1. The highest BCUT2D eigenvalue weighted by atomic mass is 35.5. The first-order chi connectivity index (χ1) is 16.3. The predicted octanol–water partition coefficient (Wildman–Crippen LogP) is 3.24. The summed E-state index contributed by atoms with van der Waals surface area (Å²) in [5.41, 5.74) is 1.60. The lowest BCUT2D eigenvalue weighted by Gasteiger charge is -2.40. The van der Waals surface area contributed by atoms with Crippen LogP contribution in [0.25, 0.3) is 0 Å². The second-order valence-electron chi connectivity index (χ2n) is 7.98. The van der Waals surface area contributed by atoms with Crippen LogP contribution in [-0.4, -0.2) is 85.2 Å². The van der Waals surface area contributed by atoms with Crippen molar-refractivity contribution in [3.05, 3.63) is 45.1 Å². The number of piperazine rings is 1. The van der Waals surface area contributed by atoms with Crippen molar-refractivity contribution < 1.29 is 19.1 Å². The number of hydrogen-bond acceptors (Lipinski definition) is 5. The molecule has 0 spiro atoms. The van der Waals surface area contributed by atoms with Crippen LogP contribution in [0.2, 0.25) is 10.0 Å². The minimum Gasteiger partial charge on any atom is -0.463 e. The molecule has 3 rings (SSSR count). The zero-order valence-corrected chi connectivity index (χ0v) is 21.2. The zero-order chi connectivity index (χ0) is 24.8. The van der Waals surface area contributed by atoms with Crippen molar-refractivity contribution in [2.24, 2.45) is 0 Å². The molecule has 2 heterocycles. The van der Waals surface area contributed by atoms with Gasteiger partial charge in [-0.25, -0.2) is 14.4 Å². The fourth-order valence-corrected chi connectivity index (χ4v) is 4.49. The first kappa shape index (κ1) is 26.1. The largest absolute Gasteiger partial charge is 0.463 e. The van der Waals surface area contributed by atoms with Gasteiger partial charge in [0.1, 0.15) is 0 Å². The number of likely N-dealkylation sites (N-methyl/N-ethyl adjacent to an activating group) is 1. The van der Waals surface area contributed by atoms with Crippen LogP contribution in [0.3, 0.4) is 0 Å². The van der Waals surface area contributed by atoms with Crippen LogP contribution in [0.15, 0.2) is 29.5 Å². The summed E-state index contributed by atoms with van der Waals surface area (Å²) in [7, 11) is 0. The molecule has 34 heavy (non-hydrogen) atoms. The van der Waals surface area contributed by atoms with E-state index in [2.05, 4.69) is 15.5 Å². The van der Waals surface area contributed by atoms with Crippen LogP contribution < -0.4 is 10.6 Å². The number of esters is 1. The zero-order valence-electron chi connectivity index (χ0n) is 19.7. The van der Waals surface area contributed by atoms with E-state index in [0.717, 1.165) is 0 Å². The Bertz CT molecular complexity index is 963. The van der Waals surface area contributed by atoms with Gasteiger partial charge in [-0.3, -0.25) is 9.80 Å². The maximum Gasteiger partial charge on any atom is 0.338 e. The molecule has 0 unspecified atom stereocenters. The Labute approximate surface area is 210 Å². The van der Waals surface area contributed by atoms with Crippen molar-refractivity contribution in [1.82, 2.24) is 25.3 Å². The lowest BCUT2D eigenvalue weighted by atomic mass is 9.94. The van der Waals surface area contributed by atoms with Gasteiger partial charge >= 0.3 is 18.0 Å². The van der Waals surface area contributed by atoms with E-state index < -0.39 is 12.0 Å². The van der Waals surface area contributed by atoms with E-state index >= 15 is 0 Å². The molecule has 0 aromatic heterocycles. The van der Waals surface area contributed by atoms with Crippen LogP contribution >= 0.6 is 23.2 Å². The first-order valence-electron chi connectivity index (χ1n) is 11.5. The molecule has 0 aliphatic carbocycles. The van der Waals surface area contributed by atoms with E-state index in [-0.39, 0.29) is 18.7 Å². The fraction of sp³-hybridized carbons (Fsp3) is 0.522. The first-order valence-corrected chi connectivity index (χ1v) is 12.2. The Morgan fingerprint density at radius 3 is 2.41 bits per heavy atom. The van der Waals surface area contributed by atoms with Gasteiger partial charge < -0.3 is 20.3 Å². The number of urea groups is 2. The van der Waals surface area contributed by atoms with Gasteiger partial charge in [0.25, 0.3) is 0 Å². The number of rotatable bonds is 7. The number of halogens is 2. The van der Waals surface area contributed by atoms with E-state index in [4.69, 9.17) is 27.9 Å². The van der Waals surface area contributed by atoms with Gasteiger partial charge in [0.05, 0.1) is 28.3 Å². The standard InChI is InChI=1S/C23H31Cl2N5O4/c1-4-26-22(32)29-11-9-28(10-12-29)14-18-19(21(31)34-6-3)20(27-23(33)30(18)5-2)15-7-8-16(24)17(25)13-15/h7-8,13,20H,4-6,9-12,14H2,1-3H3,(H,26,32)(H,27,33)/t20-/m0/s1. The molecule has 186 valence electrons. The average Bonchev–Trinajstić information content (AvgIpc) is 2.81. The summed E-state index contributed by atoms with van der Waals surface area (Å²) in [6, 6.07) is 3.92. The Morgan fingerprint density at radius 2 is 1.82 bits per heavy atom. The molecule has 2 aliphatic heterocycles. The molecule has 9 nitrogen and oxygen atoms in total. The van der Waals surface area contributed by atoms with Gasteiger partial charge in [0, 0.05) is 51.5 Å². The normalized spacial score (nSPS) is 19.2. The van der Waals surface area contributed by atoms with Crippen LogP contribution in [0.1, 0.15) is 32.4 Å². The predicted molar refractivity (Wildman–Crippen MR) is 131 cm³/mol. The molecule has 1 aromatic carbocycles. The topological polar surface area (TPSA) is 94.2 Å². The summed E-state index contributed by atoms with van der Waals surface area (Å²) >= 11 is 12.3. The molecule has 0 bridgehead atoms. The van der Waals surface area contributed by atoms with E-state index in [1.807, 2.05) is 13.8 Å². The summed E-state index contributed by atoms with van der Waals surface area (Å²) in [6.45, 7) is 9.37. The highest BCUT2D eigenvalue weighted by Gasteiger charge is 2.38. The van der Waals surface area contributed by atoms with E-state index in [0.29, 0.717) is 72.7 Å². The number of carbonyl (C=O) groups is 3. The number of hydrogen-bond donors (Lipinski definition) is 2. The second-order valence-corrected chi connectivity index (χ2v) is 8.79. The molecule has 11 heteroatoms. The van der Waals surface area contributed by atoms with Crippen LogP contribution in [0, 0.1) is 0 Å². The molecule has 1 saturated heterocycles. The van der Waals surface area contributed by atoms with Gasteiger partial charge in [-0.2, -0.15) is 0 Å². The van der Waals surface area contributed by atoms with Crippen molar-refractivity contribution in [2.45, 2.75) is 26.8 Å². The maximum absolute atomic E-state index is 13.2. The summed E-state index contributed by atoms with van der Waals surface area (Å²) in [5.74, 6) is -0.493. The number of nitrogens with zero attached hydrogens (tertiary/aromatic N) is 3. The number of carbonyl (C=O) groups excluding carboxylic acids is 3. The third kappa shape index (κ3) is 5.76. The fourth-order valence-electron chi connectivity index (χ4n) is 4.18. The maximum atomic E-state index is 13.2. The lowest BCUT2D eigenvalue weighted by Crippen LogP contribution is -2.55. The summed E-state index contributed by atoms with van der Waals surface area (Å²) in [6.07, 6.45) is 0. The van der Waals surface area contributed by atoms with Crippen LogP contribution in [0.4, 0.5) is 9.59 Å². The summed E-state index contributed by atoms with van der Waals surface area (Å²) in [4.78, 5) is 43.8. The number of nitrogens with one attached hydrogen (secondary N) is 2. The number of amides is 4. The molecule has 1 atom stereocenters. The minimum atomic E-state index is -0.726. The Balaban J connectivity index is 1.95. The Hall–Kier alpha value is -2.49. The van der Waals surface area contributed by atoms with E-state index in [1.54, 1.807) is 34.9 Å². The average molecular weight is 512 g/mol.